The van der Waals surface area contributed by atoms with E-state index in [1.165, 1.54) is 34.5 Å². The summed E-state index contributed by atoms with van der Waals surface area (Å²) < 4.78 is 9.86. The first-order valence-electron chi connectivity index (χ1n) is 27.1. The zero-order valence-electron chi connectivity index (χ0n) is 49.7. The van der Waals surface area contributed by atoms with Gasteiger partial charge in [0, 0.05) is 83.1 Å². The fourth-order valence-electron chi connectivity index (χ4n) is 5.90. The van der Waals surface area contributed by atoms with Crippen LogP contribution in [-0.4, -0.2) is 45.1 Å². The third-order valence-electron chi connectivity index (χ3n) is 10.7. The minimum Gasteiger partial charge on any atom is -0.448 e. The summed E-state index contributed by atoms with van der Waals surface area (Å²) >= 11 is 1.83. The van der Waals surface area contributed by atoms with Crippen molar-refractivity contribution < 1.29 is 8.83 Å². The molecule has 0 amide bonds. The number of hydrogen-bond acceptors (Lipinski definition) is 11. The lowest BCUT2D eigenvalue weighted by Crippen LogP contribution is -1.93. The van der Waals surface area contributed by atoms with E-state index in [1.54, 1.807) is 18.6 Å². The normalized spacial score (nSPS) is 10.2. The molecule has 0 spiro atoms. The van der Waals surface area contributed by atoms with Crippen LogP contribution < -0.4 is 0 Å². The second kappa shape index (κ2) is 41.3. The number of aromatic amines is 1. The van der Waals surface area contributed by atoms with E-state index in [9.17, 15) is 0 Å². The lowest BCUT2D eigenvalue weighted by atomic mass is 10.0. The zero-order valence-corrected chi connectivity index (χ0v) is 50.6. The maximum absolute atomic E-state index is 4.98. The van der Waals surface area contributed by atoms with Crippen LogP contribution in [0.5, 0.6) is 0 Å². The van der Waals surface area contributed by atoms with Gasteiger partial charge in [-0.1, -0.05) is 173 Å². The van der Waals surface area contributed by atoms with Crippen molar-refractivity contribution in [3.63, 3.8) is 0 Å². The van der Waals surface area contributed by atoms with Gasteiger partial charge in [-0.3, -0.25) is 15.0 Å². The lowest BCUT2D eigenvalue weighted by molar-refractivity contribution is 0.470. The Morgan fingerprint density at radius 3 is 1.21 bits per heavy atom. The number of nitrogens with zero attached hydrogens (tertiary/aromatic N) is 8. The second-order valence-electron chi connectivity index (χ2n) is 20.5. The molecule has 77 heavy (non-hydrogen) atoms. The first-order chi connectivity index (χ1) is 36.7. The van der Waals surface area contributed by atoms with Gasteiger partial charge in [-0.25, -0.2) is 15.0 Å². The molecule has 8 heterocycles. The second-order valence-corrected chi connectivity index (χ2v) is 21.5. The van der Waals surface area contributed by atoms with Gasteiger partial charge in [0.2, 0.25) is 12.3 Å². The largest absolute Gasteiger partial charge is 0.448 e. The summed E-state index contributed by atoms with van der Waals surface area (Å²) in [7, 11) is 0. The maximum atomic E-state index is 4.98. The fraction of sp³-hybridized carbons (Fsp3) is 0.415. The molecule has 11 nitrogen and oxygen atoms in total. The molecule has 416 valence electrons. The Balaban J connectivity index is 0.000000433. The highest BCUT2D eigenvalue weighted by atomic mass is 32.1. The van der Waals surface area contributed by atoms with Crippen molar-refractivity contribution >= 4 is 11.3 Å². The maximum Gasteiger partial charge on any atom is 0.218 e. The van der Waals surface area contributed by atoms with Crippen molar-refractivity contribution in [3.05, 3.63) is 227 Å². The van der Waals surface area contributed by atoms with Crippen LogP contribution in [0.25, 0.3) is 0 Å². The molecule has 1 aromatic carbocycles. The Kier molecular flexibility index (Phi) is 36.5. The Morgan fingerprint density at radius 1 is 0.403 bits per heavy atom. The number of pyridine rings is 3. The molecule has 9 aromatic rings. The quantitative estimate of drug-likeness (QED) is 0.148. The van der Waals surface area contributed by atoms with Crippen LogP contribution in [0.2, 0.25) is 0 Å². The molecule has 0 unspecified atom stereocenters. The summed E-state index contributed by atoms with van der Waals surface area (Å²) in [6, 6.07) is 36.8. The third-order valence-corrected chi connectivity index (χ3v) is 11.9. The van der Waals surface area contributed by atoms with Gasteiger partial charge >= 0.3 is 0 Å². The number of nitrogens with one attached hydrogen (secondary N) is 1. The summed E-state index contributed by atoms with van der Waals surface area (Å²) in [6.07, 6.45) is 17.3. The summed E-state index contributed by atoms with van der Waals surface area (Å²) in [5, 5.41) is 9.35. The van der Waals surface area contributed by atoms with Crippen LogP contribution in [-0.2, 0) is 0 Å². The van der Waals surface area contributed by atoms with Crippen LogP contribution in [0.4, 0.5) is 0 Å². The van der Waals surface area contributed by atoms with Gasteiger partial charge in [0.15, 0.2) is 6.39 Å². The standard InChI is InChI=1S/C9H12.3C8H11N.C7H10N2.C7H11N.C7H10S.C6H9NO.C5H8N2O/c1-8(2)9-6-4-3-5-7-9;1-7(2)8-3-5-9-6-4-8;2*1-7(2)8-5-3-4-6-9-8;1-6(2)7-8-4-3-5-9-7;2*1-6(2)7-4-3-5-8-7;1-5(2)6-3-7-4-8-6;1-4(2)5-7-6-3-8-5/h3-8H,1-2H3;3*3-7H,1-2H3;3-6H,1-2H3;3-6,8H,1-2H3;3-6H,1-2H3;3-5H,1-2H3;3-4H,1-2H3. The fourth-order valence-corrected chi connectivity index (χ4v) is 6.64. The van der Waals surface area contributed by atoms with Crippen LogP contribution in [0.3, 0.4) is 0 Å². The van der Waals surface area contributed by atoms with Gasteiger partial charge in [-0.15, -0.1) is 21.5 Å². The molecule has 0 aliphatic heterocycles. The van der Waals surface area contributed by atoms with E-state index in [1.807, 2.05) is 123 Å². The molecule has 0 bridgehead atoms. The predicted molar refractivity (Wildman–Crippen MR) is 324 cm³/mol. The summed E-state index contributed by atoms with van der Waals surface area (Å²) in [5.74, 6) is 7.50. The molecule has 1 N–H and O–H groups in total. The molecular formula is C65H93N9O2S. The number of H-pyrrole nitrogens is 1. The highest BCUT2D eigenvalue weighted by molar-refractivity contribution is 7.10. The molecule has 0 fully saturated rings. The van der Waals surface area contributed by atoms with E-state index in [-0.39, 0.29) is 0 Å². The van der Waals surface area contributed by atoms with Crippen LogP contribution in [0.15, 0.2) is 186 Å². The number of thiophene rings is 1. The predicted octanol–water partition coefficient (Wildman–Crippen LogP) is 19.0. The number of oxazole rings is 1. The van der Waals surface area contributed by atoms with E-state index < -0.39 is 0 Å². The summed E-state index contributed by atoms with van der Waals surface area (Å²) in [6.45, 7) is 38.4. The average Bonchev–Trinajstić information content (AvgIpc) is 4.31. The summed E-state index contributed by atoms with van der Waals surface area (Å²) in [5.41, 5.74) is 6.41. The monoisotopic (exact) mass is 1060 g/mol. The number of benzene rings is 1. The van der Waals surface area contributed by atoms with Gasteiger partial charge in [0.05, 0.1) is 6.20 Å². The lowest BCUT2D eigenvalue weighted by Gasteiger charge is -2.01. The Labute approximate surface area is 468 Å². The van der Waals surface area contributed by atoms with E-state index in [0.29, 0.717) is 59.2 Å². The van der Waals surface area contributed by atoms with Crippen LogP contribution >= 0.6 is 11.3 Å². The van der Waals surface area contributed by atoms with Crippen molar-refractivity contribution in [1.29, 1.82) is 0 Å². The van der Waals surface area contributed by atoms with E-state index in [2.05, 4.69) is 204 Å². The van der Waals surface area contributed by atoms with Crippen molar-refractivity contribution in [2.45, 2.75) is 178 Å². The average molecular weight is 1060 g/mol. The van der Waals surface area contributed by atoms with Crippen molar-refractivity contribution in [2.75, 3.05) is 0 Å². The molecule has 0 radical (unpaired) electrons. The van der Waals surface area contributed by atoms with Gasteiger partial charge in [0.25, 0.3) is 0 Å². The SMILES string of the molecule is CC(C)c1ccc[nH]1.CC(C)c1ccccc1.CC(C)c1ccccn1.CC(C)c1ccccn1.CC(C)c1cccs1.CC(C)c1ccncc1.CC(C)c1cnco1.CC(C)c1ncccn1.CC(C)c1nnco1. The highest BCUT2D eigenvalue weighted by Crippen LogP contribution is 2.19. The Morgan fingerprint density at radius 2 is 0.948 bits per heavy atom. The minimum absolute atomic E-state index is 0.345. The third kappa shape index (κ3) is 33.0. The smallest absolute Gasteiger partial charge is 0.218 e. The molecule has 8 aromatic heterocycles. The molecular weight excluding hydrogens is 971 g/mol. The van der Waals surface area contributed by atoms with E-state index >= 15 is 0 Å². The molecule has 0 saturated heterocycles. The molecule has 0 aliphatic carbocycles. The molecule has 9 rings (SSSR count). The van der Waals surface area contributed by atoms with Gasteiger partial charge in [-0.05, 0) is 113 Å². The van der Waals surface area contributed by atoms with Crippen molar-refractivity contribution in [3.8, 4) is 0 Å². The van der Waals surface area contributed by atoms with E-state index in [0.717, 1.165) is 23.0 Å². The Bertz CT molecular complexity index is 2180. The zero-order chi connectivity index (χ0) is 57.4. The van der Waals surface area contributed by atoms with Crippen LogP contribution in [0.1, 0.15) is 228 Å². The highest BCUT2D eigenvalue weighted by Gasteiger charge is 2.03. The number of aromatic nitrogens is 9. The first-order valence-corrected chi connectivity index (χ1v) is 28.0. The van der Waals surface area contributed by atoms with Crippen molar-refractivity contribution in [1.82, 2.24) is 45.1 Å². The van der Waals surface area contributed by atoms with Crippen LogP contribution in [0, 0.1) is 0 Å². The molecule has 0 aliphatic rings. The van der Waals surface area contributed by atoms with E-state index in [4.69, 9.17) is 8.83 Å². The molecule has 0 atom stereocenters. The number of rotatable bonds is 9. The van der Waals surface area contributed by atoms with Gasteiger partial charge in [-0.2, -0.15) is 0 Å². The van der Waals surface area contributed by atoms with Gasteiger partial charge < -0.3 is 13.8 Å². The Hall–Kier alpha value is -6.92. The minimum atomic E-state index is 0.345. The first kappa shape index (κ1) is 68.1. The number of hydrogen-bond donors (Lipinski definition) is 1. The molecule has 12 heteroatoms. The molecule has 0 saturated carbocycles. The topological polar surface area (TPSA) is 145 Å². The van der Waals surface area contributed by atoms with Gasteiger partial charge in [0.1, 0.15) is 11.6 Å². The van der Waals surface area contributed by atoms with Crippen molar-refractivity contribution in [2.24, 2.45) is 0 Å². The summed E-state index contributed by atoms with van der Waals surface area (Å²) in [4.78, 5) is 28.8.